The van der Waals surface area contributed by atoms with Crippen molar-refractivity contribution in [3.05, 3.63) is 135 Å². The van der Waals surface area contributed by atoms with Crippen LogP contribution in [-0.4, -0.2) is 51.4 Å². The minimum atomic E-state index is -0.924. The van der Waals surface area contributed by atoms with Crippen molar-refractivity contribution in [1.82, 2.24) is 19.4 Å². The van der Waals surface area contributed by atoms with Gasteiger partial charge in [-0.25, -0.2) is 8.78 Å². The average molecular weight is 749 g/mol. The highest BCUT2D eigenvalue weighted by molar-refractivity contribution is 14.1. The minimum Gasteiger partial charge on any atom is -0.336 e. The van der Waals surface area contributed by atoms with Crippen molar-refractivity contribution in [2.75, 3.05) is 26.2 Å². The molecule has 0 bridgehead atoms. The van der Waals surface area contributed by atoms with E-state index in [0.29, 0.717) is 29.8 Å². The number of benzene rings is 4. The number of halogens is 3. The van der Waals surface area contributed by atoms with Crippen molar-refractivity contribution in [2.24, 2.45) is 0 Å². The van der Waals surface area contributed by atoms with Gasteiger partial charge in [0, 0.05) is 30.5 Å². The number of aryl methyl sites for hydroxylation is 2. The molecule has 0 aliphatic carbocycles. The number of carbonyl (C=O) groups is 1. The maximum Gasteiger partial charge on any atom is 0.280 e. The van der Waals surface area contributed by atoms with Crippen LogP contribution in [0.3, 0.4) is 0 Å². The summed E-state index contributed by atoms with van der Waals surface area (Å²) in [6, 6.07) is 28.0. The summed E-state index contributed by atoms with van der Waals surface area (Å²) >= 11 is 2.36. The average Bonchev–Trinajstić information content (AvgIpc) is 3.10. The highest BCUT2D eigenvalue weighted by Crippen LogP contribution is 2.22. The molecule has 0 aliphatic heterocycles. The van der Waals surface area contributed by atoms with E-state index < -0.39 is 17.2 Å². The zero-order valence-corrected chi connectivity index (χ0v) is 28.9. The number of carbonyl (C=O) groups excluding carboxylic acids is 1. The lowest BCUT2D eigenvalue weighted by Gasteiger charge is -2.28. The fraction of sp³-hybridized carbons (Fsp3) is 0.289. The first-order chi connectivity index (χ1) is 22.8. The molecule has 5 aromatic rings. The molecule has 47 heavy (non-hydrogen) atoms. The Balaban J connectivity index is 1.43. The van der Waals surface area contributed by atoms with Crippen molar-refractivity contribution >= 4 is 39.4 Å². The molecule has 0 saturated carbocycles. The van der Waals surface area contributed by atoms with Gasteiger partial charge in [0.1, 0.15) is 12.4 Å². The standard InChI is InChI=1S/C38H39F2IN4O2/c1-3-43(4-2)22-23-44(25-28-14-18-30(19-15-28)29-16-12-27(24-41)13-17-29)36(46)26-45-34-11-6-5-9-32(34)38(47)42-35(45)21-20-31-8-7-10-33(39)37(31)40/h5-19H,3-4,20-26H2,1-2H3. The molecule has 0 fully saturated rings. The number of aromatic nitrogens is 2. The molecule has 1 amide bonds. The molecule has 0 unspecified atom stereocenters. The van der Waals surface area contributed by atoms with Gasteiger partial charge in [-0.15, -0.1) is 0 Å². The van der Waals surface area contributed by atoms with Gasteiger partial charge >= 0.3 is 0 Å². The summed E-state index contributed by atoms with van der Waals surface area (Å²) in [5, 5.41) is 0.401. The second-order valence-electron chi connectivity index (χ2n) is 11.5. The van der Waals surface area contributed by atoms with Gasteiger partial charge in [0.2, 0.25) is 5.91 Å². The Kier molecular flexibility index (Phi) is 11.9. The number of nitrogens with zero attached hydrogens (tertiary/aromatic N) is 4. The zero-order chi connectivity index (χ0) is 33.3. The molecule has 0 N–H and O–H groups in total. The molecule has 9 heteroatoms. The van der Waals surface area contributed by atoms with Gasteiger partial charge in [-0.05, 0) is 65.5 Å². The number of hydrogen-bond donors (Lipinski definition) is 0. The van der Waals surface area contributed by atoms with Gasteiger partial charge in [-0.2, -0.15) is 4.98 Å². The third-order valence-electron chi connectivity index (χ3n) is 8.61. The molecule has 1 aromatic heterocycles. The van der Waals surface area contributed by atoms with Crippen LogP contribution < -0.4 is 5.56 Å². The molecule has 244 valence electrons. The number of amides is 1. The molecule has 0 radical (unpaired) electrons. The predicted octanol–water partition coefficient (Wildman–Crippen LogP) is 7.43. The third kappa shape index (κ3) is 8.50. The smallest absolute Gasteiger partial charge is 0.280 e. The number of alkyl halides is 1. The first-order valence-corrected chi connectivity index (χ1v) is 17.5. The van der Waals surface area contributed by atoms with Crippen LogP contribution in [0.1, 0.15) is 36.4 Å². The van der Waals surface area contributed by atoms with E-state index in [2.05, 4.69) is 94.9 Å². The van der Waals surface area contributed by atoms with Crippen LogP contribution in [0.4, 0.5) is 8.78 Å². The van der Waals surface area contributed by atoms with E-state index in [1.807, 2.05) is 11.0 Å². The molecule has 0 atom stereocenters. The quantitative estimate of drug-likeness (QED) is 0.0877. The normalized spacial score (nSPS) is 11.4. The lowest BCUT2D eigenvalue weighted by Crippen LogP contribution is -2.40. The number of hydrogen-bond acceptors (Lipinski definition) is 4. The van der Waals surface area contributed by atoms with Crippen molar-refractivity contribution in [3.63, 3.8) is 0 Å². The predicted molar refractivity (Wildman–Crippen MR) is 193 cm³/mol. The molecule has 0 spiro atoms. The van der Waals surface area contributed by atoms with Gasteiger partial charge in [-0.3, -0.25) is 9.59 Å². The van der Waals surface area contributed by atoms with Crippen LogP contribution in [0.5, 0.6) is 0 Å². The van der Waals surface area contributed by atoms with E-state index in [1.165, 1.54) is 17.7 Å². The van der Waals surface area contributed by atoms with Crippen LogP contribution in [-0.2, 0) is 35.2 Å². The van der Waals surface area contributed by atoms with Crippen LogP contribution >= 0.6 is 22.6 Å². The molecule has 0 aliphatic rings. The maximum atomic E-state index is 14.5. The van der Waals surface area contributed by atoms with Gasteiger partial charge in [0.05, 0.1) is 10.9 Å². The Bertz CT molecular complexity index is 1870. The Hall–Kier alpha value is -3.96. The largest absolute Gasteiger partial charge is 0.336 e. The van der Waals surface area contributed by atoms with Crippen molar-refractivity contribution in [1.29, 1.82) is 0 Å². The zero-order valence-electron chi connectivity index (χ0n) is 26.8. The SMILES string of the molecule is CCN(CC)CCN(Cc1ccc(-c2ccc(CI)cc2)cc1)C(=O)Cn1c(CCc2cccc(F)c2F)nc(=O)c2ccccc21. The Morgan fingerprint density at radius 1 is 0.809 bits per heavy atom. The summed E-state index contributed by atoms with van der Waals surface area (Å²) in [7, 11) is 0. The summed E-state index contributed by atoms with van der Waals surface area (Å²) < 4.78 is 31.1. The first kappa shape index (κ1) is 34.4. The lowest BCUT2D eigenvalue weighted by molar-refractivity contribution is -0.132. The third-order valence-corrected chi connectivity index (χ3v) is 9.49. The molecular weight excluding hydrogens is 709 g/mol. The molecular formula is C38H39F2IN4O2. The second kappa shape index (κ2) is 16.2. The monoisotopic (exact) mass is 748 g/mol. The summed E-state index contributed by atoms with van der Waals surface area (Å²) in [6.07, 6.45) is 0.287. The van der Waals surface area contributed by atoms with Crippen LogP contribution in [0, 0.1) is 11.6 Å². The van der Waals surface area contributed by atoms with Gasteiger partial charge < -0.3 is 14.4 Å². The summed E-state index contributed by atoms with van der Waals surface area (Å²) in [5.74, 6) is -1.60. The van der Waals surface area contributed by atoms with Crippen LogP contribution in [0.2, 0.25) is 0 Å². The summed E-state index contributed by atoms with van der Waals surface area (Å²) in [4.78, 5) is 35.6. The van der Waals surface area contributed by atoms with Gasteiger partial charge in [0.15, 0.2) is 11.6 Å². The number of rotatable bonds is 14. The Morgan fingerprint density at radius 2 is 1.47 bits per heavy atom. The summed E-state index contributed by atoms with van der Waals surface area (Å²) in [5.41, 5.74) is 4.90. The number of fused-ring (bicyclic) bond motifs is 1. The molecule has 0 saturated heterocycles. The molecule has 6 nitrogen and oxygen atoms in total. The highest BCUT2D eigenvalue weighted by atomic mass is 127. The molecule has 4 aromatic carbocycles. The molecule has 1 heterocycles. The van der Waals surface area contributed by atoms with Crippen molar-refractivity contribution < 1.29 is 13.6 Å². The number of likely N-dealkylation sites (N-methyl/N-ethyl adjacent to an activating group) is 1. The highest BCUT2D eigenvalue weighted by Gasteiger charge is 2.20. The van der Waals surface area contributed by atoms with Crippen LogP contribution in [0.25, 0.3) is 22.0 Å². The topological polar surface area (TPSA) is 58.4 Å². The van der Waals surface area contributed by atoms with E-state index in [0.717, 1.165) is 46.8 Å². The van der Waals surface area contributed by atoms with Crippen LogP contribution in [0.15, 0.2) is 95.8 Å². The fourth-order valence-electron chi connectivity index (χ4n) is 5.76. The Labute approximate surface area is 288 Å². The van der Waals surface area contributed by atoms with E-state index >= 15 is 0 Å². The second-order valence-corrected chi connectivity index (χ2v) is 12.3. The van der Waals surface area contributed by atoms with E-state index in [4.69, 9.17) is 0 Å². The maximum absolute atomic E-state index is 14.5. The van der Waals surface area contributed by atoms with Gasteiger partial charge in [0.25, 0.3) is 5.56 Å². The fourth-order valence-corrected chi connectivity index (χ4v) is 6.27. The number of para-hydroxylation sites is 1. The van der Waals surface area contributed by atoms with Crippen molar-refractivity contribution in [3.8, 4) is 11.1 Å². The summed E-state index contributed by atoms with van der Waals surface area (Å²) in [6.45, 7) is 7.57. The molecule has 5 rings (SSSR count). The van der Waals surface area contributed by atoms with E-state index in [1.54, 1.807) is 22.8 Å². The first-order valence-electron chi connectivity index (χ1n) is 16.0. The minimum absolute atomic E-state index is 0.0474. The Morgan fingerprint density at radius 3 is 2.13 bits per heavy atom. The van der Waals surface area contributed by atoms with E-state index in [-0.39, 0.29) is 30.9 Å². The van der Waals surface area contributed by atoms with Crippen molar-refractivity contribution in [2.45, 2.75) is 44.2 Å². The lowest BCUT2D eigenvalue weighted by atomic mass is 10.0. The van der Waals surface area contributed by atoms with E-state index in [9.17, 15) is 18.4 Å². The van der Waals surface area contributed by atoms with Gasteiger partial charge in [-0.1, -0.05) is 109 Å².